The van der Waals surface area contributed by atoms with Crippen molar-refractivity contribution in [2.75, 3.05) is 13.1 Å². The van der Waals surface area contributed by atoms with E-state index in [9.17, 15) is 9.90 Å². The lowest BCUT2D eigenvalue weighted by Crippen LogP contribution is -2.40. The lowest BCUT2D eigenvalue weighted by atomic mass is 9.86. The first-order chi connectivity index (χ1) is 12.5. The maximum Gasteiger partial charge on any atom is 0.348 e. The Kier molecular flexibility index (Phi) is 4.33. The summed E-state index contributed by atoms with van der Waals surface area (Å²) in [7, 11) is 0. The largest absolute Gasteiger partial charge is 0.424 e. The minimum absolute atomic E-state index is 0.369. The molecule has 3 atom stereocenters. The Hall–Kier alpha value is -2.17. The number of piperidine rings is 1. The molecule has 0 aromatic heterocycles. The highest BCUT2D eigenvalue weighted by atomic mass is 16.6. The number of carbonyl (C=O) groups is 1. The molecule has 1 saturated carbocycles. The number of hydrogen-bond donors (Lipinski definition) is 2. The van der Waals surface area contributed by atoms with Gasteiger partial charge in [-0.1, -0.05) is 47.5 Å². The van der Waals surface area contributed by atoms with Crippen LogP contribution in [0.1, 0.15) is 23.1 Å². The van der Waals surface area contributed by atoms with Crippen LogP contribution in [-0.4, -0.2) is 24.2 Å². The third-order valence-electron chi connectivity index (χ3n) is 5.90. The smallest absolute Gasteiger partial charge is 0.348 e. The molecule has 4 heteroatoms. The highest BCUT2D eigenvalue weighted by Crippen LogP contribution is 2.54. The molecule has 2 N–H and O–H groups in total. The van der Waals surface area contributed by atoms with Gasteiger partial charge in [-0.3, -0.25) is 0 Å². The van der Waals surface area contributed by atoms with Gasteiger partial charge < -0.3 is 15.2 Å². The molecule has 0 radical (unpaired) electrons. The van der Waals surface area contributed by atoms with Crippen molar-refractivity contribution in [1.29, 1.82) is 0 Å². The van der Waals surface area contributed by atoms with Gasteiger partial charge in [0.15, 0.2) is 5.60 Å². The zero-order chi connectivity index (χ0) is 18.3. The van der Waals surface area contributed by atoms with E-state index < -0.39 is 11.6 Å². The summed E-state index contributed by atoms with van der Waals surface area (Å²) in [6.07, 6.45) is 0.414. The quantitative estimate of drug-likeness (QED) is 0.642. The highest BCUT2D eigenvalue weighted by molar-refractivity contribution is 5.83. The molecule has 2 aromatic rings. The van der Waals surface area contributed by atoms with Crippen LogP contribution in [0.2, 0.25) is 0 Å². The molecule has 1 saturated heterocycles. The van der Waals surface area contributed by atoms with Crippen molar-refractivity contribution < 1.29 is 14.6 Å². The van der Waals surface area contributed by atoms with E-state index in [0.29, 0.717) is 35.5 Å². The van der Waals surface area contributed by atoms with Crippen LogP contribution >= 0.6 is 0 Å². The van der Waals surface area contributed by atoms with Gasteiger partial charge in [0.1, 0.15) is 5.75 Å². The first-order valence-electron chi connectivity index (χ1n) is 9.26. The van der Waals surface area contributed by atoms with Gasteiger partial charge in [-0.05, 0) is 68.8 Å². The average Bonchev–Trinajstić information content (AvgIpc) is 3.04. The summed E-state index contributed by atoms with van der Waals surface area (Å²) >= 11 is 0. The fourth-order valence-corrected chi connectivity index (χ4v) is 4.14. The Morgan fingerprint density at radius 3 is 2.15 bits per heavy atom. The zero-order valence-corrected chi connectivity index (χ0v) is 15.2. The van der Waals surface area contributed by atoms with Crippen molar-refractivity contribution in [3.63, 3.8) is 0 Å². The van der Waals surface area contributed by atoms with E-state index in [4.69, 9.17) is 4.74 Å². The Morgan fingerprint density at radius 1 is 1.04 bits per heavy atom. The van der Waals surface area contributed by atoms with Crippen molar-refractivity contribution in [2.45, 2.75) is 25.9 Å². The molecule has 0 amide bonds. The molecule has 26 heavy (non-hydrogen) atoms. The second-order valence-corrected chi connectivity index (χ2v) is 7.78. The summed E-state index contributed by atoms with van der Waals surface area (Å²) in [6, 6.07) is 14.8. The van der Waals surface area contributed by atoms with Crippen LogP contribution in [0.3, 0.4) is 0 Å². The van der Waals surface area contributed by atoms with E-state index in [-0.39, 0.29) is 0 Å². The molecule has 2 aromatic carbocycles. The number of fused-ring (bicyclic) bond motifs is 1. The van der Waals surface area contributed by atoms with Crippen LogP contribution in [-0.2, 0) is 10.4 Å². The van der Waals surface area contributed by atoms with Gasteiger partial charge in [0, 0.05) is 0 Å². The van der Waals surface area contributed by atoms with Gasteiger partial charge in [0.05, 0.1) is 0 Å². The average molecular weight is 351 g/mol. The third-order valence-corrected chi connectivity index (χ3v) is 5.90. The number of aliphatic hydroxyl groups is 1. The summed E-state index contributed by atoms with van der Waals surface area (Å²) in [5, 5.41) is 14.8. The zero-order valence-electron chi connectivity index (χ0n) is 15.2. The van der Waals surface area contributed by atoms with E-state index in [1.54, 1.807) is 12.1 Å². The van der Waals surface area contributed by atoms with Gasteiger partial charge in [-0.25, -0.2) is 4.79 Å². The molecular weight excluding hydrogens is 326 g/mol. The SMILES string of the molecule is Cc1ccc(OC(=O)C(O)(CC2C3CNCC32)c2ccc(C)cc2)cc1. The number of ether oxygens (including phenoxy) is 1. The number of hydrogen-bond acceptors (Lipinski definition) is 4. The first kappa shape index (κ1) is 17.3. The number of aryl methyl sites for hydroxylation is 2. The normalized spacial score (nSPS) is 26.0. The number of rotatable bonds is 5. The predicted molar refractivity (Wildman–Crippen MR) is 99.8 cm³/mol. The maximum absolute atomic E-state index is 13.0. The van der Waals surface area contributed by atoms with Crippen LogP contribution in [0.15, 0.2) is 48.5 Å². The third kappa shape index (κ3) is 3.15. The van der Waals surface area contributed by atoms with Gasteiger partial charge in [0.25, 0.3) is 0 Å². The van der Waals surface area contributed by atoms with E-state index in [2.05, 4.69) is 5.32 Å². The van der Waals surface area contributed by atoms with E-state index in [1.807, 2.05) is 50.2 Å². The fourth-order valence-electron chi connectivity index (χ4n) is 4.14. The molecule has 4 rings (SSSR count). The number of nitrogens with one attached hydrogen (secondary N) is 1. The van der Waals surface area contributed by atoms with Crippen LogP contribution < -0.4 is 10.1 Å². The number of esters is 1. The van der Waals surface area contributed by atoms with Crippen LogP contribution in [0.25, 0.3) is 0 Å². The van der Waals surface area contributed by atoms with Gasteiger partial charge in [-0.15, -0.1) is 0 Å². The van der Waals surface area contributed by atoms with Gasteiger partial charge in [0.2, 0.25) is 0 Å². The molecular formula is C22H25NO3. The van der Waals surface area contributed by atoms with E-state index in [1.165, 1.54) is 0 Å². The molecule has 3 unspecified atom stereocenters. The summed E-state index contributed by atoms with van der Waals surface area (Å²) in [5.74, 6) is 1.37. The topological polar surface area (TPSA) is 58.6 Å². The highest BCUT2D eigenvalue weighted by Gasteiger charge is 2.57. The van der Waals surface area contributed by atoms with Crippen molar-refractivity contribution in [1.82, 2.24) is 5.32 Å². The maximum atomic E-state index is 13.0. The minimum atomic E-state index is -1.62. The van der Waals surface area contributed by atoms with Gasteiger partial charge >= 0.3 is 5.97 Å². The van der Waals surface area contributed by atoms with Crippen molar-refractivity contribution >= 4 is 5.97 Å². The molecule has 2 fully saturated rings. The van der Waals surface area contributed by atoms with E-state index >= 15 is 0 Å². The Bertz CT molecular complexity index is 789. The molecule has 2 aliphatic rings. The Morgan fingerprint density at radius 2 is 1.58 bits per heavy atom. The summed E-state index contributed by atoms with van der Waals surface area (Å²) < 4.78 is 5.57. The van der Waals surface area contributed by atoms with Crippen molar-refractivity contribution in [3.05, 3.63) is 65.2 Å². The van der Waals surface area contributed by atoms with Crippen LogP contribution in [0, 0.1) is 31.6 Å². The Balaban J connectivity index is 1.59. The minimum Gasteiger partial charge on any atom is -0.424 e. The Labute approximate surface area is 154 Å². The number of carbonyl (C=O) groups excluding carboxylic acids is 1. The molecule has 4 nitrogen and oxygen atoms in total. The number of benzene rings is 2. The van der Waals surface area contributed by atoms with Crippen molar-refractivity contribution in [3.8, 4) is 5.75 Å². The summed E-state index contributed by atoms with van der Waals surface area (Å²) in [6.45, 7) is 5.93. The van der Waals surface area contributed by atoms with E-state index in [0.717, 1.165) is 24.2 Å². The standard InChI is InChI=1S/C22H25NO3/c1-14-3-7-16(8-4-14)22(25,11-18-19-12-23-13-20(18)19)21(24)26-17-9-5-15(2)6-10-17/h3-10,18-20,23,25H,11-13H2,1-2H3. The molecule has 1 heterocycles. The molecule has 0 bridgehead atoms. The van der Waals surface area contributed by atoms with Crippen molar-refractivity contribution in [2.24, 2.45) is 17.8 Å². The molecule has 1 aliphatic heterocycles. The fraction of sp³-hybridized carbons (Fsp3) is 0.409. The molecule has 0 spiro atoms. The lowest BCUT2D eigenvalue weighted by molar-refractivity contribution is -0.158. The second-order valence-electron chi connectivity index (χ2n) is 7.78. The first-order valence-corrected chi connectivity index (χ1v) is 9.26. The summed E-state index contributed by atoms with van der Waals surface area (Å²) in [4.78, 5) is 13.0. The monoisotopic (exact) mass is 351 g/mol. The van der Waals surface area contributed by atoms with Crippen LogP contribution in [0.5, 0.6) is 5.75 Å². The molecule has 1 aliphatic carbocycles. The lowest BCUT2D eigenvalue weighted by Gasteiger charge is -2.27. The summed E-state index contributed by atoms with van der Waals surface area (Å²) in [5.41, 5.74) is 1.18. The second kappa shape index (κ2) is 6.53. The molecule has 136 valence electrons. The van der Waals surface area contributed by atoms with Crippen LogP contribution in [0.4, 0.5) is 0 Å². The predicted octanol–water partition coefficient (Wildman–Crippen LogP) is 2.95. The van der Waals surface area contributed by atoms with Gasteiger partial charge in [-0.2, -0.15) is 0 Å².